The van der Waals surface area contributed by atoms with Gasteiger partial charge in [-0.1, -0.05) is 48.0 Å². The molecule has 1 atom stereocenters. The van der Waals surface area contributed by atoms with E-state index in [4.69, 9.17) is 0 Å². The van der Waals surface area contributed by atoms with Crippen molar-refractivity contribution in [1.29, 1.82) is 0 Å². The predicted octanol–water partition coefficient (Wildman–Crippen LogP) is 3.51. The largest absolute Gasteiger partial charge is 0.326 e. The van der Waals surface area contributed by atoms with Gasteiger partial charge in [-0.2, -0.15) is 0 Å². The second-order valence-electron chi connectivity index (χ2n) is 8.39. The van der Waals surface area contributed by atoms with E-state index >= 15 is 0 Å². The van der Waals surface area contributed by atoms with Gasteiger partial charge >= 0.3 is 0 Å². The molecule has 1 fully saturated rings. The molecule has 0 bridgehead atoms. The Kier molecular flexibility index (Phi) is 7.09. The van der Waals surface area contributed by atoms with E-state index < -0.39 is 15.9 Å². The summed E-state index contributed by atoms with van der Waals surface area (Å²) in [6.45, 7) is 2.58. The molecule has 3 aromatic carbocycles. The molecular weight excluding hydrogens is 450 g/mol. The smallest absolute Gasteiger partial charge is 0.240 e. The molecule has 7 nitrogen and oxygen atoms in total. The van der Waals surface area contributed by atoms with E-state index in [-0.39, 0.29) is 29.7 Å². The molecule has 0 saturated carbocycles. The Bertz CT molecular complexity index is 1260. The topological polar surface area (TPSA) is 95.6 Å². The van der Waals surface area contributed by atoms with Crippen LogP contribution in [0.3, 0.4) is 0 Å². The van der Waals surface area contributed by atoms with Crippen molar-refractivity contribution in [2.75, 3.05) is 23.3 Å². The van der Waals surface area contributed by atoms with Crippen molar-refractivity contribution in [2.24, 2.45) is 5.92 Å². The number of carbonyl (C=O) groups excluding carboxylic acids is 2. The van der Waals surface area contributed by atoms with Crippen LogP contribution in [0.4, 0.5) is 11.4 Å². The molecule has 1 aliphatic heterocycles. The van der Waals surface area contributed by atoms with E-state index in [0.29, 0.717) is 18.7 Å². The minimum atomic E-state index is -3.65. The van der Waals surface area contributed by atoms with Crippen molar-refractivity contribution >= 4 is 33.2 Å². The van der Waals surface area contributed by atoms with Crippen LogP contribution in [0.2, 0.25) is 0 Å². The minimum absolute atomic E-state index is 0.0907. The Hall–Kier alpha value is -3.49. The molecule has 2 amide bonds. The van der Waals surface area contributed by atoms with Crippen molar-refractivity contribution in [3.05, 3.63) is 90.0 Å². The summed E-state index contributed by atoms with van der Waals surface area (Å²) in [5.74, 6) is -0.830. The van der Waals surface area contributed by atoms with Crippen LogP contribution < -0.4 is 14.9 Å². The molecule has 34 heavy (non-hydrogen) atoms. The lowest BCUT2D eigenvalue weighted by molar-refractivity contribution is -0.122. The normalized spacial score (nSPS) is 16.0. The molecule has 8 heteroatoms. The molecule has 2 N–H and O–H groups in total. The summed E-state index contributed by atoms with van der Waals surface area (Å²) in [6, 6.07) is 23.3. The maximum absolute atomic E-state index is 12.7. The SMILES string of the molecule is Cc1ccc(N2C[C@H](C(=O)Nc3ccc(S(=O)(=O)NCCc4ccccc4)cc3)CC2=O)cc1. The van der Waals surface area contributed by atoms with E-state index in [0.717, 1.165) is 16.8 Å². The maximum atomic E-state index is 12.7. The van der Waals surface area contributed by atoms with E-state index in [1.54, 1.807) is 17.0 Å². The average molecular weight is 478 g/mol. The van der Waals surface area contributed by atoms with E-state index in [1.807, 2.05) is 61.5 Å². The van der Waals surface area contributed by atoms with Gasteiger partial charge in [0.25, 0.3) is 0 Å². The average Bonchev–Trinajstić information content (AvgIpc) is 3.22. The van der Waals surface area contributed by atoms with Crippen LogP contribution in [-0.2, 0) is 26.0 Å². The number of hydrogen-bond donors (Lipinski definition) is 2. The maximum Gasteiger partial charge on any atom is 0.240 e. The number of benzene rings is 3. The van der Waals surface area contributed by atoms with Gasteiger partial charge in [-0.05, 0) is 55.3 Å². The first-order valence-corrected chi connectivity index (χ1v) is 12.6. The summed E-state index contributed by atoms with van der Waals surface area (Å²) in [7, 11) is -3.65. The first-order valence-electron chi connectivity index (χ1n) is 11.1. The van der Waals surface area contributed by atoms with Crippen LogP contribution in [0.25, 0.3) is 0 Å². The molecule has 0 aromatic heterocycles. The number of hydrogen-bond acceptors (Lipinski definition) is 4. The summed E-state index contributed by atoms with van der Waals surface area (Å²) < 4.78 is 27.7. The van der Waals surface area contributed by atoms with Gasteiger partial charge in [-0.15, -0.1) is 0 Å². The van der Waals surface area contributed by atoms with Gasteiger partial charge in [0.1, 0.15) is 0 Å². The third kappa shape index (κ3) is 5.70. The highest BCUT2D eigenvalue weighted by atomic mass is 32.2. The highest BCUT2D eigenvalue weighted by Crippen LogP contribution is 2.26. The summed E-state index contributed by atoms with van der Waals surface area (Å²) >= 11 is 0. The molecule has 0 unspecified atom stereocenters. The van der Waals surface area contributed by atoms with Crippen LogP contribution in [0.5, 0.6) is 0 Å². The Morgan fingerprint density at radius 2 is 1.65 bits per heavy atom. The molecule has 3 aromatic rings. The van der Waals surface area contributed by atoms with E-state index in [9.17, 15) is 18.0 Å². The fourth-order valence-electron chi connectivity index (χ4n) is 3.88. The van der Waals surface area contributed by atoms with Crippen LogP contribution in [0.15, 0.2) is 83.8 Å². The second-order valence-corrected chi connectivity index (χ2v) is 10.2. The van der Waals surface area contributed by atoms with Gasteiger partial charge in [-0.25, -0.2) is 13.1 Å². The summed E-state index contributed by atoms with van der Waals surface area (Å²) in [5.41, 5.74) is 3.41. The van der Waals surface area contributed by atoms with Gasteiger partial charge < -0.3 is 10.2 Å². The second kappa shape index (κ2) is 10.2. The summed E-state index contributed by atoms with van der Waals surface area (Å²) in [6.07, 6.45) is 0.728. The molecule has 1 heterocycles. The number of carbonyl (C=O) groups is 2. The quantitative estimate of drug-likeness (QED) is 0.519. The molecule has 0 radical (unpaired) electrons. The van der Waals surface area contributed by atoms with Gasteiger partial charge in [0, 0.05) is 30.9 Å². The van der Waals surface area contributed by atoms with Crippen molar-refractivity contribution in [3.63, 3.8) is 0 Å². The number of rotatable bonds is 8. The predicted molar refractivity (Wildman–Crippen MR) is 132 cm³/mol. The highest BCUT2D eigenvalue weighted by molar-refractivity contribution is 7.89. The minimum Gasteiger partial charge on any atom is -0.326 e. The number of amides is 2. The third-order valence-electron chi connectivity index (χ3n) is 5.82. The Morgan fingerprint density at radius 1 is 0.971 bits per heavy atom. The van der Waals surface area contributed by atoms with Gasteiger partial charge in [0.15, 0.2) is 0 Å². The Balaban J connectivity index is 1.32. The van der Waals surface area contributed by atoms with Crippen LogP contribution >= 0.6 is 0 Å². The molecule has 1 saturated heterocycles. The lowest BCUT2D eigenvalue weighted by Crippen LogP contribution is -2.28. The molecule has 4 rings (SSSR count). The zero-order valence-electron chi connectivity index (χ0n) is 18.9. The van der Waals surface area contributed by atoms with Crippen LogP contribution in [-0.4, -0.2) is 33.3 Å². The summed E-state index contributed by atoms with van der Waals surface area (Å²) in [4.78, 5) is 26.9. The van der Waals surface area contributed by atoms with Crippen molar-refractivity contribution in [2.45, 2.75) is 24.7 Å². The zero-order valence-corrected chi connectivity index (χ0v) is 19.7. The van der Waals surface area contributed by atoms with E-state index in [1.165, 1.54) is 12.1 Å². The number of anilines is 2. The van der Waals surface area contributed by atoms with Gasteiger partial charge in [-0.3, -0.25) is 9.59 Å². The third-order valence-corrected chi connectivity index (χ3v) is 7.30. The Labute approximate surface area is 199 Å². The Morgan fingerprint density at radius 3 is 2.32 bits per heavy atom. The van der Waals surface area contributed by atoms with Crippen molar-refractivity contribution in [3.8, 4) is 0 Å². The number of nitrogens with one attached hydrogen (secondary N) is 2. The lowest BCUT2D eigenvalue weighted by Gasteiger charge is -2.17. The fourth-order valence-corrected chi connectivity index (χ4v) is 4.91. The monoisotopic (exact) mass is 477 g/mol. The zero-order chi connectivity index (χ0) is 24.1. The number of aryl methyl sites for hydroxylation is 1. The lowest BCUT2D eigenvalue weighted by atomic mass is 10.1. The molecule has 0 aliphatic carbocycles. The van der Waals surface area contributed by atoms with Crippen molar-refractivity contribution < 1.29 is 18.0 Å². The molecule has 0 spiro atoms. The van der Waals surface area contributed by atoms with Crippen LogP contribution in [0, 0.1) is 12.8 Å². The first kappa shape index (κ1) is 23.7. The highest BCUT2D eigenvalue weighted by Gasteiger charge is 2.35. The first-order chi connectivity index (χ1) is 16.3. The van der Waals surface area contributed by atoms with Gasteiger partial charge in [0.2, 0.25) is 21.8 Å². The van der Waals surface area contributed by atoms with Crippen LogP contribution in [0.1, 0.15) is 17.5 Å². The number of sulfonamides is 1. The molecular formula is C26H27N3O4S. The van der Waals surface area contributed by atoms with Crippen molar-refractivity contribution in [1.82, 2.24) is 4.72 Å². The van der Waals surface area contributed by atoms with Gasteiger partial charge in [0.05, 0.1) is 10.8 Å². The standard InChI is InChI=1S/C26H27N3O4S/c1-19-7-11-23(12-8-19)29-18-21(17-25(29)30)26(31)28-22-9-13-24(14-10-22)34(32,33)27-16-15-20-5-3-2-4-6-20/h2-14,21,27H,15-18H2,1H3,(H,28,31)/t21-/m1/s1. The number of nitrogens with zero attached hydrogens (tertiary/aromatic N) is 1. The molecule has 1 aliphatic rings. The fraction of sp³-hybridized carbons (Fsp3) is 0.231. The molecule has 176 valence electrons. The van der Waals surface area contributed by atoms with E-state index in [2.05, 4.69) is 10.0 Å². The summed E-state index contributed by atoms with van der Waals surface area (Å²) in [5, 5.41) is 2.80.